The molecule has 2 N–H and O–H groups in total. The zero-order valence-electron chi connectivity index (χ0n) is 11.1. The van der Waals surface area contributed by atoms with E-state index in [4.69, 9.17) is 0 Å². The van der Waals surface area contributed by atoms with Gasteiger partial charge in [0.25, 0.3) is 5.76 Å². The van der Waals surface area contributed by atoms with Crippen molar-refractivity contribution < 1.29 is 13.6 Å². The number of carbonyl (C=O) groups is 1. The van der Waals surface area contributed by atoms with Crippen LogP contribution in [0.4, 0.5) is 20.2 Å². The number of rotatable bonds is 6. The molecule has 0 bridgehead atoms. The molecule has 0 fully saturated rings. The maximum absolute atomic E-state index is 12.4. The van der Waals surface area contributed by atoms with Gasteiger partial charge in [0.1, 0.15) is 0 Å². The first-order valence-corrected chi connectivity index (χ1v) is 7.16. The maximum atomic E-state index is 12.4. The van der Waals surface area contributed by atoms with Crippen LogP contribution < -0.4 is 10.6 Å². The summed E-state index contributed by atoms with van der Waals surface area (Å²) in [7, 11) is 0. The summed E-state index contributed by atoms with van der Waals surface area (Å²) in [5.74, 6) is -2.73. The lowest BCUT2D eigenvalue weighted by Crippen LogP contribution is -2.21. The van der Waals surface area contributed by atoms with Crippen molar-refractivity contribution in [3.63, 3.8) is 0 Å². The minimum atomic E-state index is -2.49. The van der Waals surface area contributed by atoms with Crippen LogP contribution in [0, 0.1) is 0 Å². The molecule has 0 aliphatic carbocycles. The minimum Gasteiger partial charge on any atom is -0.375 e. The van der Waals surface area contributed by atoms with E-state index >= 15 is 0 Å². The largest absolute Gasteiger partial charge is 0.375 e. The molecule has 2 aromatic carbocycles. The van der Waals surface area contributed by atoms with Crippen molar-refractivity contribution in [3.8, 4) is 0 Å². The highest BCUT2D eigenvalue weighted by atomic mass is 32.2. The van der Waals surface area contributed by atoms with Crippen LogP contribution in [0.5, 0.6) is 0 Å². The summed E-state index contributed by atoms with van der Waals surface area (Å²) in [5.41, 5.74) is 1.21. The van der Waals surface area contributed by atoms with Crippen molar-refractivity contribution in [2.75, 3.05) is 17.2 Å². The van der Waals surface area contributed by atoms with E-state index in [0.717, 1.165) is 0 Å². The van der Waals surface area contributed by atoms with Crippen molar-refractivity contribution in [1.82, 2.24) is 0 Å². The van der Waals surface area contributed by atoms with E-state index in [2.05, 4.69) is 10.6 Å². The number of amides is 1. The molecule has 0 heterocycles. The molecule has 21 heavy (non-hydrogen) atoms. The Morgan fingerprint density at radius 2 is 1.71 bits per heavy atom. The van der Waals surface area contributed by atoms with Gasteiger partial charge in [0, 0.05) is 16.3 Å². The van der Waals surface area contributed by atoms with E-state index in [1.54, 1.807) is 36.4 Å². The molecule has 0 aromatic heterocycles. The Hall–Kier alpha value is -2.08. The maximum Gasteiger partial charge on any atom is 0.288 e. The van der Waals surface area contributed by atoms with Crippen molar-refractivity contribution in [2.24, 2.45) is 0 Å². The normalized spacial score (nSPS) is 10.4. The summed E-state index contributed by atoms with van der Waals surface area (Å²) >= 11 is 0.453. The molecule has 1 amide bonds. The number of carbonyl (C=O) groups excluding carboxylic acids is 1. The lowest BCUT2D eigenvalue weighted by Gasteiger charge is -2.11. The van der Waals surface area contributed by atoms with E-state index in [0.29, 0.717) is 28.0 Å². The second-order valence-electron chi connectivity index (χ2n) is 4.14. The zero-order valence-corrected chi connectivity index (χ0v) is 11.9. The van der Waals surface area contributed by atoms with Gasteiger partial charge in [0.15, 0.2) is 0 Å². The fourth-order valence-corrected chi connectivity index (χ4v) is 2.33. The number of alkyl halides is 2. The molecule has 0 unspecified atom stereocenters. The number of thioether (sulfide) groups is 1. The fourth-order valence-electron chi connectivity index (χ4n) is 1.71. The molecule has 110 valence electrons. The van der Waals surface area contributed by atoms with Gasteiger partial charge in [-0.3, -0.25) is 4.79 Å². The quantitative estimate of drug-likeness (QED) is 0.791. The van der Waals surface area contributed by atoms with Crippen molar-refractivity contribution in [3.05, 3.63) is 54.6 Å². The molecule has 0 saturated carbocycles. The highest BCUT2D eigenvalue weighted by molar-refractivity contribution is 7.99. The topological polar surface area (TPSA) is 41.1 Å². The van der Waals surface area contributed by atoms with E-state index in [-0.39, 0.29) is 12.5 Å². The van der Waals surface area contributed by atoms with Crippen LogP contribution in [-0.2, 0) is 4.79 Å². The lowest BCUT2D eigenvalue weighted by atomic mass is 10.3. The molecule has 2 rings (SSSR count). The van der Waals surface area contributed by atoms with Gasteiger partial charge in [-0.2, -0.15) is 8.78 Å². The van der Waals surface area contributed by atoms with Gasteiger partial charge in [-0.25, -0.2) is 0 Å². The molecule has 0 aliphatic heterocycles. The van der Waals surface area contributed by atoms with Crippen LogP contribution in [-0.4, -0.2) is 18.2 Å². The number of nitrogens with one attached hydrogen (secondary N) is 2. The average Bonchev–Trinajstić information content (AvgIpc) is 2.47. The van der Waals surface area contributed by atoms with Gasteiger partial charge in [0.2, 0.25) is 5.91 Å². The standard InChI is InChI=1S/C15H14F2N2OS/c16-15(17)21-13-9-5-4-8-12(13)18-10-14(20)19-11-6-2-1-3-7-11/h1-9,15,18H,10H2,(H,19,20). The van der Waals surface area contributed by atoms with Gasteiger partial charge in [-0.15, -0.1) is 0 Å². The summed E-state index contributed by atoms with van der Waals surface area (Å²) in [6.07, 6.45) is 0. The Morgan fingerprint density at radius 1 is 1.05 bits per heavy atom. The predicted octanol–water partition coefficient (Wildman–Crippen LogP) is 4.05. The van der Waals surface area contributed by atoms with Crippen LogP contribution in [0.15, 0.2) is 59.5 Å². The zero-order chi connectivity index (χ0) is 15.1. The third-order valence-corrected chi connectivity index (χ3v) is 3.39. The molecule has 6 heteroatoms. The number of hydrogen-bond donors (Lipinski definition) is 2. The minimum absolute atomic E-state index is 0.00963. The van der Waals surface area contributed by atoms with Crippen LogP contribution >= 0.6 is 11.8 Å². The molecule has 0 spiro atoms. The van der Waals surface area contributed by atoms with Gasteiger partial charge in [-0.05, 0) is 24.3 Å². The van der Waals surface area contributed by atoms with Crippen molar-refractivity contribution in [1.29, 1.82) is 0 Å². The number of hydrogen-bond acceptors (Lipinski definition) is 3. The smallest absolute Gasteiger partial charge is 0.288 e. The Bertz CT molecular complexity index is 593. The Morgan fingerprint density at radius 3 is 2.43 bits per heavy atom. The SMILES string of the molecule is O=C(CNc1ccccc1SC(F)F)Nc1ccccc1. The molecular formula is C15H14F2N2OS. The third kappa shape index (κ3) is 5.07. The molecule has 0 aliphatic rings. The predicted molar refractivity (Wildman–Crippen MR) is 81.9 cm³/mol. The van der Waals surface area contributed by atoms with E-state index in [1.807, 2.05) is 18.2 Å². The van der Waals surface area contributed by atoms with Gasteiger partial charge >= 0.3 is 0 Å². The van der Waals surface area contributed by atoms with Gasteiger partial charge in [-0.1, -0.05) is 42.1 Å². The number of benzene rings is 2. The van der Waals surface area contributed by atoms with E-state index < -0.39 is 5.76 Å². The summed E-state index contributed by atoms with van der Waals surface area (Å²) in [4.78, 5) is 12.2. The van der Waals surface area contributed by atoms with Gasteiger partial charge in [0.05, 0.1) is 6.54 Å². The van der Waals surface area contributed by atoms with Gasteiger partial charge < -0.3 is 10.6 Å². The van der Waals surface area contributed by atoms with Crippen LogP contribution in [0.3, 0.4) is 0 Å². The molecule has 0 saturated heterocycles. The Kier molecular flexibility index (Phi) is 5.57. The van der Waals surface area contributed by atoms with Crippen molar-refractivity contribution >= 4 is 29.0 Å². The van der Waals surface area contributed by atoms with E-state index in [1.165, 1.54) is 0 Å². The molecule has 0 atom stereocenters. The highest BCUT2D eigenvalue weighted by Crippen LogP contribution is 2.31. The second-order valence-corrected chi connectivity index (χ2v) is 5.17. The number of para-hydroxylation sites is 2. The summed E-state index contributed by atoms with van der Waals surface area (Å²) in [5, 5.41) is 5.59. The first-order valence-electron chi connectivity index (χ1n) is 6.28. The van der Waals surface area contributed by atoms with Crippen molar-refractivity contribution in [2.45, 2.75) is 10.7 Å². The Labute approximate surface area is 125 Å². The summed E-state index contributed by atoms with van der Waals surface area (Å²) in [6, 6.07) is 15.7. The summed E-state index contributed by atoms with van der Waals surface area (Å²) < 4.78 is 24.9. The first kappa shape index (κ1) is 15.3. The van der Waals surface area contributed by atoms with E-state index in [9.17, 15) is 13.6 Å². The molecule has 0 radical (unpaired) electrons. The molecule has 2 aromatic rings. The van der Waals surface area contributed by atoms with Crippen LogP contribution in [0.25, 0.3) is 0 Å². The first-order chi connectivity index (χ1) is 10.1. The second kappa shape index (κ2) is 7.64. The molecular weight excluding hydrogens is 294 g/mol. The monoisotopic (exact) mass is 308 g/mol. The van der Waals surface area contributed by atoms with Crippen LogP contribution in [0.1, 0.15) is 0 Å². The fraction of sp³-hybridized carbons (Fsp3) is 0.133. The molecule has 3 nitrogen and oxygen atoms in total. The number of anilines is 2. The third-order valence-electron chi connectivity index (χ3n) is 2.60. The Balaban J connectivity index is 1.92. The van der Waals surface area contributed by atoms with Crippen LogP contribution in [0.2, 0.25) is 0 Å². The lowest BCUT2D eigenvalue weighted by molar-refractivity contribution is -0.114. The average molecular weight is 308 g/mol. The summed E-state index contributed by atoms with van der Waals surface area (Å²) in [6.45, 7) is 0.00963. The number of halogens is 2. The highest BCUT2D eigenvalue weighted by Gasteiger charge is 2.10.